The summed E-state index contributed by atoms with van der Waals surface area (Å²) < 4.78 is 0. The van der Waals surface area contributed by atoms with Crippen molar-refractivity contribution in [1.29, 1.82) is 0 Å². The van der Waals surface area contributed by atoms with Crippen LogP contribution in [0.15, 0.2) is 0 Å². The van der Waals surface area contributed by atoms with E-state index in [1.807, 2.05) is 0 Å². The second-order valence-corrected chi connectivity index (χ2v) is 6.85. The van der Waals surface area contributed by atoms with Crippen LogP contribution in [0.2, 0.25) is 0 Å². The third-order valence-electron chi connectivity index (χ3n) is 4.97. The topological polar surface area (TPSA) is 55.1 Å². The molecule has 3 N–H and O–H groups in total. The average Bonchev–Trinajstić information content (AvgIpc) is 2.31. The van der Waals surface area contributed by atoms with E-state index in [9.17, 15) is 4.79 Å². The summed E-state index contributed by atoms with van der Waals surface area (Å²) in [5.41, 5.74) is 6.26. The lowest BCUT2D eigenvalue weighted by Crippen LogP contribution is -2.52. The number of hydrogen-bond donors (Lipinski definition) is 2. The van der Waals surface area contributed by atoms with Gasteiger partial charge >= 0.3 is 0 Å². The highest BCUT2D eigenvalue weighted by molar-refractivity contribution is 5.80. The minimum Gasteiger partial charge on any atom is -0.352 e. The number of nitrogens with two attached hydrogens (primary N) is 1. The van der Waals surface area contributed by atoms with Gasteiger partial charge < -0.3 is 11.1 Å². The van der Waals surface area contributed by atoms with Crippen LogP contribution in [0, 0.1) is 11.3 Å². The molecule has 2 rings (SSSR count). The molecule has 0 bridgehead atoms. The molecule has 3 unspecified atom stereocenters. The highest BCUT2D eigenvalue weighted by atomic mass is 16.2. The number of carbonyl (C=O) groups is 1. The molecule has 2 fully saturated rings. The Morgan fingerprint density at radius 3 is 2.44 bits per heavy atom. The van der Waals surface area contributed by atoms with E-state index in [-0.39, 0.29) is 29.3 Å². The van der Waals surface area contributed by atoms with Gasteiger partial charge in [-0.3, -0.25) is 4.79 Å². The predicted molar refractivity (Wildman–Crippen MR) is 74.1 cm³/mol. The first-order valence-corrected chi connectivity index (χ1v) is 7.57. The van der Waals surface area contributed by atoms with Crippen molar-refractivity contribution in [1.82, 2.24) is 5.32 Å². The van der Waals surface area contributed by atoms with Crippen LogP contribution >= 0.6 is 0 Å². The van der Waals surface area contributed by atoms with Gasteiger partial charge in [0.05, 0.1) is 0 Å². The van der Waals surface area contributed by atoms with E-state index in [0.717, 1.165) is 19.3 Å². The van der Waals surface area contributed by atoms with Gasteiger partial charge in [-0.05, 0) is 31.1 Å². The van der Waals surface area contributed by atoms with E-state index in [2.05, 4.69) is 19.2 Å². The van der Waals surface area contributed by atoms with Gasteiger partial charge in [0, 0.05) is 18.0 Å². The number of rotatable bonds is 2. The molecule has 0 aromatic rings. The smallest absolute Gasteiger partial charge is 0.223 e. The molecule has 0 spiro atoms. The lowest BCUT2D eigenvalue weighted by molar-refractivity contribution is -0.131. The van der Waals surface area contributed by atoms with Crippen molar-refractivity contribution in [3.05, 3.63) is 0 Å². The quantitative estimate of drug-likeness (QED) is 0.793. The van der Waals surface area contributed by atoms with Gasteiger partial charge in [-0.25, -0.2) is 0 Å². The first kappa shape index (κ1) is 13.9. The first-order chi connectivity index (χ1) is 8.50. The van der Waals surface area contributed by atoms with Gasteiger partial charge in [-0.1, -0.05) is 39.5 Å². The van der Waals surface area contributed by atoms with E-state index in [4.69, 9.17) is 5.73 Å². The highest BCUT2D eigenvalue weighted by Crippen LogP contribution is 2.40. The summed E-state index contributed by atoms with van der Waals surface area (Å²) in [6.45, 7) is 4.47. The summed E-state index contributed by atoms with van der Waals surface area (Å²) in [5, 5.41) is 3.23. The molecule has 3 heteroatoms. The van der Waals surface area contributed by atoms with Crippen LogP contribution < -0.4 is 11.1 Å². The van der Waals surface area contributed by atoms with Crippen LogP contribution in [-0.2, 0) is 4.79 Å². The number of nitrogens with one attached hydrogen (secondary N) is 1. The average molecular weight is 252 g/mol. The van der Waals surface area contributed by atoms with Gasteiger partial charge in [0.1, 0.15) is 0 Å². The zero-order valence-electron chi connectivity index (χ0n) is 11.9. The summed E-state index contributed by atoms with van der Waals surface area (Å²) in [7, 11) is 0. The summed E-state index contributed by atoms with van der Waals surface area (Å²) in [5.74, 6) is 0.433. The molecule has 0 aromatic carbocycles. The molecule has 3 atom stereocenters. The maximum Gasteiger partial charge on any atom is 0.223 e. The van der Waals surface area contributed by atoms with Gasteiger partial charge in [0.25, 0.3) is 0 Å². The van der Waals surface area contributed by atoms with Gasteiger partial charge in [0.15, 0.2) is 0 Å². The fourth-order valence-corrected chi connectivity index (χ4v) is 3.60. The Bertz CT molecular complexity index is 301. The predicted octanol–water partition coefficient (Wildman–Crippen LogP) is 2.59. The first-order valence-electron chi connectivity index (χ1n) is 7.57. The van der Waals surface area contributed by atoms with Gasteiger partial charge in [0.2, 0.25) is 5.91 Å². The van der Waals surface area contributed by atoms with Crippen molar-refractivity contribution in [3.63, 3.8) is 0 Å². The molecule has 0 saturated heterocycles. The van der Waals surface area contributed by atoms with Crippen molar-refractivity contribution < 1.29 is 4.79 Å². The standard InChI is InChI=1S/C15H28N2O/c1-15(2)10-6-5-7-11(15)14(18)17-13-9-4-3-8-12(13)16/h11-13H,3-10,16H2,1-2H3,(H,17,18). The van der Waals surface area contributed by atoms with Crippen molar-refractivity contribution >= 4 is 5.91 Å². The SMILES string of the molecule is CC1(C)CCCCC1C(=O)NC1CCCCC1N. The van der Waals surface area contributed by atoms with E-state index < -0.39 is 0 Å². The van der Waals surface area contributed by atoms with Crippen LogP contribution in [0.5, 0.6) is 0 Å². The lowest BCUT2D eigenvalue weighted by atomic mass is 9.68. The molecule has 1 amide bonds. The van der Waals surface area contributed by atoms with E-state index in [1.165, 1.54) is 32.1 Å². The Morgan fingerprint density at radius 2 is 1.78 bits per heavy atom. The molecule has 0 aliphatic heterocycles. The Labute approximate surface area is 111 Å². The summed E-state index contributed by atoms with van der Waals surface area (Å²) in [4.78, 5) is 12.5. The van der Waals surface area contributed by atoms with Crippen LogP contribution in [-0.4, -0.2) is 18.0 Å². The Balaban J connectivity index is 1.94. The minimum atomic E-state index is 0.154. The Morgan fingerprint density at radius 1 is 1.11 bits per heavy atom. The largest absolute Gasteiger partial charge is 0.352 e. The fourth-order valence-electron chi connectivity index (χ4n) is 3.60. The van der Waals surface area contributed by atoms with Gasteiger partial charge in [-0.15, -0.1) is 0 Å². The molecular formula is C15H28N2O. The minimum absolute atomic E-state index is 0.154. The summed E-state index contributed by atoms with van der Waals surface area (Å²) in [6.07, 6.45) is 9.19. The fraction of sp³-hybridized carbons (Fsp3) is 0.933. The third-order valence-corrected chi connectivity index (χ3v) is 4.97. The monoisotopic (exact) mass is 252 g/mol. The van der Waals surface area contributed by atoms with Crippen LogP contribution in [0.25, 0.3) is 0 Å². The van der Waals surface area contributed by atoms with Crippen LogP contribution in [0.3, 0.4) is 0 Å². The van der Waals surface area contributed by atoms with Crippen molar-refractivity contribution in [2.45, 2.75) is 77.3 Å². The Kier molecular flexibility index (Phi) is 4.31. The van der Waals surface area contributed by atoms with Crippen molar-refractivity contribution in [2.24, 2.45) is 17.1 Å². The maximum atomic E-state index is 12.5. The molecule has 2 aliphatic carbocycles. The third kappa shape index (κ3) is 3.05. The van der Waals surface area contributed by atoms with E-state index in [0.29, 0.717) is 0 Å². The molecule has 0 heterocycles. The molecular weight excluding hydrogens is 224 g/mol. The Hall–Kier alpha value is -0.570. The van der Waals surface area contributed by atoms with Gasteiger partial charge in [-0.2, -0.15) is 0 Å². The lowest BCUT2D eigenvalue weighted by Gasteiger charge is -2.39. The maximum absolute atomic E-state index is 12.5. The van der Waals surface area contributed by atoms with Crippen molar-refractivity contribution in [3.8, 4) is 0 Å². The molecule has 18 heavy (non-hydrogen) atoms. The number of carbonyl (C=O) groups excluding carboxylic acids is 1. The van der Waals surface area contributed by atoms with Crippen LogP contribution in [0.4, 0.5) is 0 Å². The second kappa shape index (κ2) is 5.60. The second-order valence-electron chi connectivity index (χ2n) is 6.85. The summed E-state index contributed by atoms with van der Waals surface area (Å²) in [6, 6.07) is 0.373. The molecule has 2 aliphatic rings. The van der Waals surface area contributed by atoms with E-state index in [1.54, 1.807) is 0 Å². The number of hydrogen-bond acceptors (Lipinski definition) is 2. The molecule has 0 radical (unpaired) electrons. The molecule has 3 nitrogen and oxygen atoms in total. The van der Waals surface area contributed by atoms with E-state index >= 15 is 0 Å². The zero-order valence-corrected chi connectivity index (χ0v) is 11.9. The normalized spacial score (nSPS) is 36.1. The zero-order chi connectivity index (χ0) is 13.2. The van der Waals surface area contributed by atoms with Crippen molar-refractivity contribution in [2.75, 3.05) is 0 Å². The molecule has 0 aromatic heterocycles. The number of amides is 1. The molecule has 2 saturated carbocycles. The molecule has 104 valence electrons. The highest BCUT2D eigenvalue weighted by Gasteiger charge is 2.38. The summed E-state index contributed by atoms with van der Waals surface area (Å²) >= 11 is 0. The van der Waals surface area contributed by atoms with Crippen LogP contribution in [0.1, 0.15) is 65.2 Å².